The van der Waals surface area contributed by atoms with Crippen molar-refractivity contribution < 1.29 is 18.9 Å². The SMILES string of the molecule is COC(C)(C)O[C@@H]1C[C@@H](COc2ccc3cccnc3c2)O[C@H]1n1ccc2c(Cl)ncnc21. The van der Waals surface area contributed by atoms with Gasteiger partial charge in [0.15, 0.2) is 12.0 Å². The Kier molecular flexibility index (Phi) is 5.92. The second kappa shape index (κ2) is 8.87. The second-order valence-electron chi connectivity index (χ2n) is 8.44. The van der Waals surface area contributed by atoms with Gasteiger partial charge in [-0.2, -0.15) is 0 Å². The molecule has 0 saturated carbocycles. The molecule has 8 nitrogen and oxygen atoms in total. The van der Waals surface area contributed by atoms with E-state index in [0.29, 0.717) is 23.8 Å². The van der Waals surface area contributed by atoms with E-state index in [4.69, 9.17) is 30.5 Å². The summed E-state index contributed by atoms with van der Waals surface area (Å²) < 4.78 is 26.2. The quantitative estimate of drug-likeness (QED) is 0.285. The number of aromatic nitrogens is 4. The fourth-order valence-electron chi connectivity index (χ4n) is 4.06. The Hall–Kier alpha value is -2.78. The topological polar surface area (TPSA) is 80.5 Å². The van der Waals surface area contributed by atoms with Crippen LogP contribution in [0.25, 0.3) is 21.9 Å². The van der Waals surface area contributed by atoms with Crippen LogP contribution < -0.4 is 4.74 Å². The van der Waals surface area contributed by atoms with Crippen LogP contribution in [-0.4, -0.2) is 51.2 Å². The normalized spacial score (nSPS) is 21.2. The van der Waals surface area contributed by atoms with E-state index in [1.165, 1.54) is 6.33 Å². The summed E-state index contributed by atoms with van der Waals surface area (Å²) in [6.07, 6.45) is 4.84. The summed E-state index contributed by atoms with van der Waals surface area (Å²) in [5.41, 5.74) is 1.57. The minimum Gasteiger partial charge on any atom is -0.491 e. The van der Waals surface area contributed by atoms with Crippen LogP contribution in [0.4, 0.5) is 0 Å². The first-order valence-electron chi connectivity index (χ1n) is 10.8. The van der Waals surface area contributed by atoms with Crippen molar-refractivity contribution in [1.29, 1.82) is 0 Å². The van der Waals surface area contributed by atoms with Crippen molar-refractivity contribution in [2.24, 2.45) is 0 Å². The number of pyridine rings is 1. The Morgan fingerprint density at radius 1 is 1.18 bits per heavy atom. The number of hydrogen-bond donors (Lipinski definition) is 0. The van der Waals surface area contributed by atoms with E-state index in [9.17, 15) is 0 Å². The molecule has 0 N–H and O–H groups in total. The molecule has 4 heterocycles. The van der Waals surface area contributed by atoms with Crippen LogP contribution in [0, 0.1) is 0 Å². The molecule has 1 fully saturated rings. The van der Waals surface area contributed by atoms with Crippen molar-refractivity contribution in [2.45, 2.75) is 44.5 Å². The van der Waals surface area contributed by atoms with Gasteiger partial charge in [-0.1, -0.05) is 17.7 Å². The molecule has 0 aliphatic carbocycles. The monoisotopic (exact) mass is 468 g/mol. The lowest BCUT2D eigenvalue weighted by Crippen LogP contribution is -2.35. The molecule has 0 bridgehead atoms. The lowest BCUT2D eigenvalue weighted by Gasteiger charge is -2.30. The third-order valence-electron chi connectivity index (χ3n) is 5.82. The molecule has 1 saturated heterocycles. The van der Waals surface area contributed by atoms with Gasteiger partial charge in [-0.05, 0) is 38.1 Å². The van der Waals surface area contributed by atoms with Gasteiger partial charge >= 0.3 is 0 Å². The number of hydrogen-bond acceptors (Lipinski definition) is 7. The maximum absolute atomic E-state index is 6.40. The molecule has 9 heteroatoms. The number of nitrogens with zero attached hydrogens (tertiary/aromatic N) is 4. The zero-order valence-electron chi connectivity index (χ0n) is 18.6. The fourth-order valence-corrected chi connectivity index (χ4v) is 4.25. The summed E-state index contributed by atoms with van der Waals surface area (Å²) in [5.74, 6) is -0.0318. The molecule has 172 valence electrons. The van der Waals surface area contributed by atoms with Gasteiger partial charge in [0.25, 0.3) is 0 Å². The van der Waals surface area contributed by atoms with E-state index >= 15 is 0 Å². The van der Waals surface area contributed by atoms with Crippen LogP contribution >= 0.6 is 11.6 Å². The van der Waals surface area contributed by atoms with E-state index in [1.54, 1.807) is 13.3 Å². The molecule has 0 radical (unpaired) electrons. The molecular formula is C24H25ClN4O4. The molecule has 5 rings (SSSR count). The lowest BCUT2D eigenvalue weighted by atomic mass is 10.2. The first kappa shape index (κ1) is 22.0. The highest BCUT2D eigenvalue weighted by Crippen LogP contribution is 2.37. The minimum atomic E-state index is -0.776. The van der Waals surface area contributed by atoms with E-state index < -0.39 is 12.0 Å². The van der Waals surface area contributed by atoms with Crippen LogP contribution in [0.3, 0.4) is 0 Å². The molecule has 0 spiro atoms. The average molecular weight is 469 g/mol. The summed E-state index contributed by atoms with van der Waals surface area (Å²) in [4.78, 5) is 12.9. The predicted molar refractivity (Wildman–Crippen MR) is 124 cm³/mol. The second-order valence-corrected chi connectivity index (χ2v) is 8.80. The summed E-state index contributed by atoms with van der Waals surface area (Å²) in [6.45, 7) is 4.13. The van der Waals surface area contributed by atoms with Crippen LogP contribution in [0.1, 0.15) is 26.5 Å². The van der Waals surface area contributed by atoms with Crippen molar-refractivity contribution in [1.82, 2.24) is 19.5 Å². The van der Waals surface area contributed by atoms with E-state index in [2.05, 4.69) is 15.0 Å². The first-order valence-corrected chi connectivity index (χ1v) is 11.1. The molecule has 0 amide bonds. The highest BCUT2D eigenvalue weighted by molar-refractivity contribution is 6.33. The maximum Gasteiger partial charge on any atom is 0.162 e. The van der Waals surface area contributed by atoms with Gasteiger partial charge in [-0.25, -0.2) is 9.97 Å². The minimum absolute atomic E-state index is 0.193. The highest BCUT2D eigenvalue weighted by atomic mass is 35.5. The summed E-state index contributed by atoms with van der Waals surface area (Å²) in [7, 11) is 1.62. The van der Waals surface area contributed by atoms with Crippen LogP contribution in [-0.2, 0) is 14.2 Å². The van der Waals surface area contributed by atoms with Crippen molar-refractivity contribution >= 4 is 33.5 Å². The highest BCUT2D eigenvalue weighted by Gasteiger charge is 2.41. The molecular weight excluding hydrogens is 444 g/mol. The number of halogens is 1. The largest absolute Gasteiger partial charge is 0.491 e. The molecule has 0 unspecified atom stereocenters. The third-order valence-corrected chi connectivity index (χ3v) is 6.12. The summed E-state index contributed by atoms with van der Waals surface area (Å²) in [5, 5.41) is 2.23. The Bertz CT molecular complexity index is 1280. The number of fused-ring (bicyclic) bond motifs is 2. The van der Waals surface area contributed by atoms with Crippen molar-refractivity contribution in [3.63, 3.8) is 0 Å². The fraction of sp³-hybridized carbons (Fsp3) is 0.375. The maximum atomic E-state index is 6.40. The molecule has 3 atom stereocenters. The smallest absolute Gasteiger partial charge is 0.162 e. The summed E-state index contributed by atoms with van der Waals surface area (Å²) in [6, 6.07) is 11.7. The van der Waals surface area contributed by atoms with Gasteiger partial charge in [0.05, 0.1) is 17.0 Å². The van der Waals surface area contributed by atoms with Gasteiger partial charge in [0.2, 0.25) is 0 Å². The van der Waals surface area contributed by atoms with Gasteiger partial charge in [-0.3, -0.25) is 4.98 Å². The van der Waals surface area contributed by atoms with Crippen LogP contribution in [0.15, 0.2) is 55.1 Å². The zero-order valence-corrected chi connectivity index (χ0v) is 19.4. The van der Waals surface area contributed by atoms with Crippen LogP contribution in [0.5, 0.6) is 5.75 Å². The molecule has 33 heavy (non-hydrogen) atoms. The molecule has 1 aromatic carbocycles. The Labute approximate surface area is 196 Å². The van der Waals surface area contributed by atoms with Crippen molar-refractivity contribution in [3.05, 3.63) is 60.3 Å². The molecule has 4 aromatic rings. The summed E-state index contributed by atoms with van der Waals surface area (Å²) >= 11 is 6.25. The predicted octanol–water partition coefficient (Wildman–Crippen LogP) is 4.77. The molecule has 3 aromatic heterocycles. The molecule has 1 aliphatic rings. The van der Waals surface area contributed by atoms with Crippen LogP contribution in [0.2, 0.25) is 5.15 Å². The standard InChI is InChI=1S/C24H25ClN4O4/c1-24(2,30-3)33-20-12-17(13-31-16-7-6-15-5-4-9-26-19(15)11-16)32-23(20)29-10-8-18-21(25)27-14-28-22(18)29/h4-11,14,17,20,23H,12-13H2,1-3H3/t17-,20+,23+/m0/s1. The number of rotatable bonds is 7. The van der Waals surface area contributed by atoms with Gasteiger partial charge in [0.1, 0.15) is 35.6 Å². The van der Waals surface area contributed by atoms with Crippen molar-refractivity contribution in [2.75, 3.05) is 13.7 Å². The average Bonchev–Trinajstić information content (AvgIpc) is 3.42. The van der Waals surface area contributed by atoms with Gasteiger partial charge < -0.3 is 23.5 Å². The van der Waals surface area contributed by atoms with E-state index in [0.717, 1.165) is 22.0 Å². The van der Waals surface area contributed by atoms with Gasteiger partial charge in [-0.15, -0.1) is 0 Å². The first-order chi connectivity index (χ1) is 15.9. The van der Waals surface area contributed by atoms with E-state index in [-0.39, 0.29) is 12.2 Å². The van der Waals surface area contributed by atoms with E-state index in [1.807, 2.05) is 61.0 Å². The Morgan fingerprint density at radius 3 is 2.91 bits per heavy atom. The number of ether oxygens (including phenoxy) is 4. The van der Waals surface area contributed by atoms with Crippen molar-refractivity contribution in [3.8, 4) is 5.75 Å². The number of methoxy groups -OCH3 is 1. The lowest BCUT2D eigenvalue weighted by molar-refractivity contribution is -0.237. The zero-order chi connectivity index (χ0) is 23.0. The Balaban J connectivity index is 1.37. The Morgan fingerprint density at radius 2 is 2.06 bits per heavy atom. The number of benzene rings is 1. The molecule has 1 aliphatic heterocycles. The van der Waals surface area contributed by atoms with Gasteiger partial charge in [0, 0.05) is 37.4 Å². The third kappa shape index (κ3) is 4.52.